The molecule has 0 spiro atoms. The van der Waals surface area contributed by atoms with Gasteiger partial charge in [0.2, 0.25) is 0 Å². The van der Waals surface area contributed by atoms with Gasteiger partial charge in [0.25, 0.3) is 6.71 Å². The van der Waals surface area contributed by atoms with Crippen LogP contribution in [-0.4, -0.2) is 6.71 Å². The van der Waals surface area contributed by atoms with Crippen LogP contribution in [0.2, 0.25) is 0 Å². The first-order valence-corrected chi connectivity index (χ1v) is 22.5. The predicted molar refractivity (Wildman–Crippen MR) is 263 cm³/mol. The van der Waals surface area contributed by atoms with Crippen molar-refractivity contribution in [3.8, 4) is 22.3 Å². The lowest BCUT2D eigenvalue weighted by molar-refractivity contribution is 0.590. The summed E-state index contributed by atoms with van der Waals surface area (Å²) in [5.41, 5.74) is 15.3. The maximum atomic E-state index is 15.7. The van der Waals surface area contributed by atoms with Crippen molar-refractivity contribution in [1.82, 2.24) is 0 Å². The molecule has 0 fully saturated rings. The number of nitrogens with zero attached hydrogens (tertiary/aromatic N) is 2. The van der Waals surface area contributed by atoms with E-state index in [4.69, 9.17) is 0 Å². The van der Waals surface area contributed by atoms with Gasteiger partial charge in [0.05, 0.1) is 5.69 Å². The van der Waals surface area contributed by atoms with E-state index >= 15 is 8.78 Å². The maximum Gasteiger partial charge on any atom is 0.264 e. The van der Waals surface area contributed by atoms with E-state index in [0.29, 0.717) is 11.1 Å². The average Bonchev–Trinajstić information content (AvgIpc) is 3.61. The zero-order valence-corrected chi connectivity index (χ0v) is 37.8. The Kier molecular flexibility index (Phi) is 9.24. The molecule has 1 aromatic heterocycles. The van der Waals surface area contributed by atoms with Crippen LogP contribution in [0.25, 0.3) is 32.3 Å². The summed E-state index contributed by atoms with van der Waals surface area (Å²) in [6.45, 7) is 20.4. The first kappa shape index (κ1) is 40.1. The molecular formula is C56H51BF2N2S. The maximum absolute atomic E-state index is 15.7. The van der Waals surface area contributed by atoms with Crippen LogP contribution in [-0.2, 0) is 16.2 Å². The summed E-state index contributed by atoms with van der Waals surface area (Å²) in [6.07, 6.45) is 0. The summed E-state index contributed by atoms with van der Waals surface area (Å²) in [7, 11) is 0. The molecule has 2 aliphatic rings. The molecule has 0 amide bonds. The molecule has 0 saturated carbocycles. The molecule has 0 aliphatic carbocycles. The first-order chi connectivity index (χ1) is 29.5. The molecular weight excluding hydrogens is 782 g/mol. The molecule has 6 heteroatoms. The molecule has 0 N–H and O–H groups in total. The summed E-state index contributed by atoms with van der Waals surface area (Å²) < 4.78 is 33.3. The number of rotatable bonds is 4. The van der Waals surface area contributed by atoms with Crippen molar-refractivity contribution in [2.75, 3.05) is 9.80 Å². The number of thiophene rings is 1. The standard InChI is InChI=1S/C56H51BF2N2S/c1-54(2,3)36-21-26-40(27-22-36)61-49-33-38(56(7,8)9)32-48-51(49)57(53-52(61)43-31-37(55(4,5)6)23-29-50(43)62-53)44-30-35(42-15-11-13-17-46(42)59)20-28-47(44)60(48)39-24-18-34(19-25-39)41-14-10-12-16-45(41)58/h10-33H,1-9H3. The van der Waals surface area contributed by atoms with Gasteiger partial charge in [-0.2, -0.15) is 0 Å². The van der Waals surface area contributed by atoms with Gasteiger partial charge in [-0.25, -0.2) is 8.78 Å². The molecule has 3 heterocycles. The molecule has 308 valence electrons. The molecule has 0 saturated heterocycles. The molecule has 0 bridgehead atoms. The Balaban J connectivity index is 1.31. The van der Waals surface area contributed by atoms with Crippen LogP contribution in [0.5, 0.6) is 0 Å². The smallest absolute Gasteiger partial charge is 0.264 e. The van der Waals surface area contributed by atoms with Crippen molar-refractivity contribution in [3.63, 3.8) is 0 Å². The fraction of sp³-hybridized carbons (Fsp3) is 0.214. The second-order valence-corrected chi connectivity index (χ2v) is 21.2. The van der Waals surface area contributed by atoms with E-state index in [9.17, 15) is 0 Å². The Hall–Kier alpha value is -5.98. The van der Waals surface area contributed by atoms with Gasteiger partial charge < -0.3 is 9.80 Å². The van der Waals surface area contributed by atoms with E-state index in [1.54, 1.807) is 18.2 Å². The molecule has 2 nitrogen and oxygen atoms in total. The summed E-state index contributed by atoms with van der Waals surface area (Å²) in [5, 5.41) is 1.24. The van der Waals surface area contributed by atoms with Crippen molar-refractivity contribution in [3.05, 3.63) is 174 Å². The highest BCUT2D eigenvalue weighted by Crippen LogP contribution is 2.50. The molecule has 0 radical (unpaired) electrons. The molecule has 62 heavy (non-hydrogen) atoms. The van der Waals surface area contributed by atoms with E-state index < -0.39 is 0 Å². The number of halogens is 2. The predicted octanol–water partition coefficient (Wildman–Crippen LogP) is 14.5. The average molecular weight is 833 g/mol. The normalized spacial score (nSPS) is 13.6. The third kappa shape index (κ3) is 6.57. The Morgan fingerprint density at radius 1 is 0.468 bits per heavy atom. The molecule has 7 aromatic carbocycles. The summed E-state index contributed by atoms with van der Waals surface area (Å²) in [5.74, 6) is -0.492. The quantitative estimate of drug-likeness (QED) is 0.163. The Morgan fingerprint density at radius 3 is 1.58 bits per heavy atom. The number of benzene rings is 7. The van der Waals surface area contributed by atoms with Crippen LogP contribution in [0.3, 0.4) is 0 Å². The second kappa shape index (κ2) is 14.3. The van der Waals surface area contributed by atoms with E-state index in [1.165, 1.54) is 48.8 Å². The van der Waals surface area contributed by atoms with Gasteiger partial charge in [-0.1, -0.05) is 141 Å². The lowest BCUT2D eigenvalue weighted by atomic mass is 9.36. The van der Waals surface area contributed by atoms with Crippen LogP contribution < -0.4 is 25.5 Å². The molecule has 8 aromatic rings. The van der Waals surface area contributed by atoms with E-state index in [0.717, 1.165) is 45.0 Å². The minimum Gasteiger partial charge on any atom is -0.311 e. The SMILES string of the molecule is CC(C)(C)c1ccc(N2c3cc(C(C)(C)C)cc4c3B(c3cc(-c5ccccc5F)ccc3N4c3ccc(-c4ccccc4F)cc3)c3sc4ccc(C(C)(C)C)cc4c32)cc1. The molecule has 10 rings (SSSR count). The van der Waals surface area contributed by atoms with Crippen LogP contribution in [0.4, 0.5) is 42.9 Å². The highest BCUT2D eigenvalue weighted by Gasteiger charge is 2.46. The number of hydrogen-bond acceptors (Lipinski definition) is 3. The van der Waals surface area contributed by atoms with E-state index in [-0.39, 0.29) is 34.6 Å². The second-order valence-electron chi connectivity index (χ2n) is 20.1. The van der Waals surface area contributed by atoms with Crippen molar-refractivity contribution in [1.29, 1.82) is 0 Å². The Bertz CT molecular complexity index is 3050. The van der Waals surface area contributed by atoms with Gasteiger partial charge in [0, 0.05) is 54.4 Å². The molecule has 2 aliphatic heterocycles. The number of anilines is 6. The Morgan fingerprint density at radius 2 is 0.984 bits per heavy atom. The van der Waals surface area contributed by atoms with Crippen molar-refractivity contribution >= 4 is 78.0 Å². The van der Waals surface area contributed by atoms with Gasteiger partial charge in [0.1, 0.15) is 11.6 Å². The van der Waals surface area contributed by atoms with Gasteiger partial charge >= 0.3 is 0 Å². The highest BCUT2D eigenvalue weighted by molar-refractivity contribution is 7.33. The third-order valence-electron chi connectivity index (χ3n) is 12.9. The summed E-state index contributed by atoms with van der Waals surface area (Å²) in [4.78, 5) is 4.91. The summed E-state index contributed by atoms with van der Waals surface area (Å²) in [6, 6.07) is 49.7. The lowest BCUT2D eigenvalue weighted by Crippen LogP contribution is -2.60. The fourth-order valence-electron chi connectivity index (χ4n) is 9.39. The topological polar surface area (TPSA) is 6.48 Å². The third-order valence-corrected chi connectivity index (χ3v) is 14.1. The minimum atomic E-state index is -0.247. The molecule has 0 atom stereocenters. The van der Waals surface area contributed by atoms with Crippen LogP contribution in [0.1, 0.15) is 79.0 Å². The zero-order valence-electron chi connectivity index (χ0n) is 37.0. The number of fused-ring (bicyclic) bond motifs is 6. The van der Waals surface area contributed by atoms with Gasteiger partial charge in [-0.15, -0.1) is 11.3 Å². The highest BCUT2D eigenvalue weighted by atomic mass is 32.1. The lowest BCUT2D eigenvalue weighted by Gasteiger charge is -2.44. The van der Waals surface area contributed by atoms with E-state index in [2.05, 4.69) is 157 Å². The van der Waals surface area contributed by atoms with Crippen LogP contribution >= 0.6 is 11.3 Å². The number of hydrogen-bond donors (Lipinski definition) is 0. The fourth-order valence-corrected chi connectivity index (χ4v) is 10.7. The first-order valence-electron chi connectivity index (χ1n) is 21.7. The largest absolute Gasteiger partial charge is 0.311 e. The van der Waals surface area contributed by atoms with Crippen LogP contribution in [0, 0.1) is 11.6 Å². The van der Waals surface area contributed by atoms with E-state index in [1.807, 2.05) is 47.7 Å². The van der Waals surface area contributed by atoms with Crippen molar-refractivity contribution in [2.24, 2.45) is 0 Å². The zero-order chi connectivity index (χ0) is 43.5. The van der Waals surface area contributed by atoms with Crippen LogP contribution in [0.15, 0.2) is 146 Å². The monoisotopic (exact) mass is 832 g/mol. The molecule has 0 unspecified atom stereocenters. The van der Waals surface area contributed by atoms with Gasteiger partial charge in [-0.05, 0) is 122 Å². The minimum absolute atomic E-state index is 0.000658. The van der Waals surface area contributed by atoms with Gasteiger partial charge in [-0.3, -0.25) is 0 Å². The van der Waals surface area contributed by atoms with Gasteiger partial charge in [0.15, 0.2) is 0 Å². The van der Waals surface area contributed by atoms with Crippen molar-refractivity contribution < 1.29 is 8.78 Å². The Labute approximate surface area is 369 Å². The summed E-state index contributed by atoms with van der Waals surface area (Å²) >= 11 is 1.87. The van der Waals surface area contributed by atoms with Crippen molar-refractivity contribution in [2.45, 2.75) is 78.6 Å².